The van der Waals surface area contributed by atoms with Crippen LogP contribution in [0.5, 0.6) is 0 Å². The van der Waals surface area contributed by atoms with Crippen LogP contribution in [0.2, 0.25) is 0 Å². The van der Waals surface area contributed by atoms with E-state index in [2.05, 4.69) is 0 Å². The molecular formula is C14H22N2O2S. The minimum Gasteiger partial charge on any atom is -0.324 e. The van der Waals surface area contributed by atoms with Crippen molar-refractivity contribution in [3.8, 4) is 0 Å². The Morgan fingerprint density at radius 3 is 2.63 bits per heavy atom. The summed E-state index contributed by atoms with van der Waals surface area (Å²) < 4.78 is 27.0. The Kier molecular flexibility index (Phi) is 4.28. The van der Waals surface area contributed by atoms with Crippen molar-refractivity contribution in [2.24, 2.45) is 5.73 Å². The van der Waals surface area contributed by atoms with Gasteiger partial charge in [0, 0.05) is 18.6 Å². The third-order valence-corrected chi connectivity index (χ3v) is 5.34. The summed E-state index contributed by atoms with van der Waals surface area (Å²) in [5.41, 5.74) is 6.68. The number of sulfonamides is 1. The standard InChI is InChI=1S/C14H22N2O2S/c1-3-9-16(13-7-8-13)19(17,18)14-6-4-5-12(10-14)11(2)15/h4-6,10-11,13H,3,7-9,15H2,1-2H3. The second-order valence-corrected chi connectivity index (χ2v) is 7.10. The summed E-state index contributed by atoms with van der Waals surface area (Å²) in [4.78, 5) is 0.364. The van der Waals surface area contributed by atoms with Crippen LogP contribution in [-0.2, 0) is 10.0 Å². The molecule has 1 aliphatic rings. The van der Waals surface area contributed by atoms with Crippen molar-refractivity contribution in [3.05, 3.63) is 29.8 Å². The van der Waals surface area contributed by atoms with Gasteiger partial charge in [0.1, 0.15) is 0 Å². The van der Waals surface area contributed by atoms with Gasteiger partial charge in [-0.05, 0) is 43.9 Å². The molecule has 4 nitrogen and oxygen atoms in total. The normalized spacial score (nSPS) is 17.7. The van der Waals surface area contributed by atoms with Crippen LogP contribution in [0.4, 0.5) is 0 Å². The fourth-order valence-corrected chi connectivity index (χ4v) is 4.01. The first-order chi connectivity index (χ1) is 8.96. The summed E-state index contributed by atoms with van der Waals surface area (Å²) in [6.45, 7) is 4.45. The molecule has 0 spiro atoms. The van der Waals surface area contributed by atoms with E-state index in [0.717, 1.165) is 24.8 Å². The quantitative estimate of drug-likeness (QED) is 0.870. The second-order valence-electron chi connectivity index (χ2n) is 5.21. The molecule has 19 heavy (non-hydrogen) atoms. The topological polar surface area (TPSA) is 63.4 Å². The highest BCUT2D eigenvalue weighted by Gasteiger charge is 2.37. The summed E-state index contributed by atoms with van der Waals surface area (Å²) in [6, 6.07) is 7.03. The highest BCUT2D eigenvalue weighted by Crippen LogP contribution is 2.32. The molecule has 1 aliphatic carbocycles. The van der Waals surface area contributed by atoms with E-state index in [-0.39, 0.29) is 12.1 Å². The van der Waals surface area contributed by atoms with E-state index in [9.17, 15) is 8.42 Å². The van der Waals surface area contributed by atoms with Crippen molar-refractivity contribution in [1.29, 1.82) is 0 Å². The molecule has 1 unspecified atom stereocenters. The Balaban J connectivity index is 2.34. The molecule has 2 rings (SSSR count). The predicted octanol–water partition coefficient (Wildman–Crippen LogP) is 2.27. The molecule has 1 aromatic rings. The molecule has 0 amide bonds. The zero-order valence-electron chi connectivity index (χ0n) is 11.5. The van der Waals surface area contributed by atoms with Gasteiger partial charge in [0.15, 0.2) is 0 Å². The Morgan fingerprint density at radius 1 is 1.42 bits per heavy atom. The van der Waals surface area contributed by atoms with Gasteiger partial charge < -0.3 is 5.73 Å². The lowest BCUT2D eigenvalue weighted by Crippen LogP contribution is -2.33. The highest BCUT2D eigenvalue weighted by atomic mass is 32.2. The van der Waals surface area contributed by atoms with Gasteiger partial charge in [-0.25, -0.2) is 8.42 Å². The summed E-state index contributed by atoms with van der Waals surface area (Å²) in [6.07, 6.45) is 2.79. The van der Waals surface area contributed by atoms with Gasteiger partial charge in [0.05, 0.1) is 4.90 Å². The van der Waals surface area contributed by atoms with Crippen LogP contribution in [-0.4, -0.2) is 25.3 Å². The van der Waals surface area contributed by atoms with Gasteiger partial charge in [-0.15, -0.1) is 0 Å². The molecule has 0 radical (unpaired) electrons. The number of hydrogen-bond donors (Lipinski definition) is 1. The van der Waals surface area contributed by atoms with E-state index in [0.29, 0.717) is 11.4 Å². The van der Waals surface area contributed by atoms with E-state index in [4.69, 9.17) is 5.73 Å². The number of benzene rings is 1. The molecule has 1 saturated carbocycles. The Labute approximate surface area is 115 Å². The van der Waals surface area contributed by atoms with Crippen molar-refractivity contribution < 1.29 is 8.42 Å². The summed E-state index contributed by atoms with van der Waals surface area (Å²) in [5, 5.41) is 0. The van der Waals surface area contributed by atoms with Crippen LogP contribution in [0.25, 0.3) is 0 Å². The molecule has 1 aromatic carbocycles. The molecule has 5 heteroatoms. The number of nitrogens with two attached hydrogens (primary N) is 1. The third kappa shape index (κ3) is 3.16. The maximum atomic E-state index is 12.7. The van der Waals surface area contributed by atoms with E-state index in [1.165, 1.54) is 0 Å². The van der Waals surface area contributed by atoms with Crippen molar-refractivity contribution in [2.45, 2.75) is 50.1 Å². The molecule has 0 heterocycles. The molecule has 106 valence electrons. The van der Waals surface area contributed by atoms with Crippen LogP contribution >= 0.6 is 0 Å². The molecular weight excluding hydrogens is 260 g/mol. The van der Waals surface area contributed by atoms with Gasteiger partial charge >= 0.3 is 0 Å². The predicted molar refractivity (Wildman–Crippen MR) is 76.2 cm³/mol. The summed E-state index contributed by atoms with van der Waals surface area (Å²) >= 11 is 0. The van der Waals surface area contributed by atoms with Gasteiger partial charge in [0.25, 0.3) is 0 Å². The van der Waals surface area contributed by atoms with Crippen molar-refractivity contribution in [3.63, 3.8) is 0 Å². The molecule has 0 aliphatic heterocycles. The second kappa shape index (κ2) is 5.61. The van der Waals surface area contributed by atoms with Crippen LogP contribution in [0.15, 0.2) is 29.2 Å². The lowest BCUT2D eigenvalue weighted by atomic mass is 10.1. The first-order valence-corrected chi connectivity index (χ1v) is 8.28. The molecule has 2 N–H and O–H groups in total. The molecule has 0 saturated heterocycles. The number of rotatable bonds is 6. The Morgan fingerprint density at radius 2 is 2.11 bits per heavy atom. The zero-order valence-corrected chi connectivity index (χ0v) is 12.4. The molecule has 1 atom stereocenters. The maximum absolute atomic E-state index is 12.7. The largest absolute Gasteiger partial charge is 0.324 e. The first kappa shape index (κ1) is 14.5. The van der Waals surface area contributed by atoms with Crippen molar-refractivity contribution in [2.75, 3.05) is 6.54 Å². The average Bonchev–Trinajstić information content (AvgIpc) is 3.20. The summed E-state index contributed by atoms with van der Waals surface area (Å²) in [7, 11) is -3.38. The highest BCUT2D eigenvalue weighted by molar-refractivity contribution is 7.89. The van der Waals surface area contributed by atoms with Crippen LogP contribution in [0, 0.1) is 0 Å². The smallest absolute Gasteiger partial charge is 0.243 e. The van der Waals surface area contributed by atoms with Gasteiger partial charge in [-0.1, -0.05) is 19.1 Å². The minimum atomic E-state index is -3.38. The molecule has 0 bridgehead atoms. The minimum absolute atomic E-state index is 0.157. The molecule has 1 fully saturated rings. The van der Waals surface area contributed by atoms with Crippen molar-refractivity contribution >= 4 is 10.0 Å². The van der Waals surface area contributed by atoms with Gasteiger partial charge in [-0.3, -0.25) is 0 Å². The van der Waals surface area contributed by atoms with Crippen LogP contribution in [0.1, 0.15) is 44.7 Å². The van der Waals surface area contributed by atoms with Crippen LogP contribution in [0.3, 0.4) is 0 Å². The Hall–Kier alpha value is -0.910. The number of hydrogen-bond acceptors (Lipinski definition) is 3. The fraction of sp³-hybridized carbons (Fsp3) is 0.571. The van der Waals surface area contributed by atoms with E-state index < -0.39 is 10.0 Å². The first-order valence-electron chi connectivity index (χ1n) is 6.84. The lowest BCUT2D eigenvalue weighted by Gasteiger charge is -2.21. The van der Waals surface area contributed by atoms with E-state index in [1.54, 1.807) is 22.5 Å². The van der Waals surface area contributed by atoms with Gasteiger partial charge in [0.2, 0.25) is 10.0 Å². The van der Waals surface area contributed by atoms with E-state index >= 15 is 0 Å². The maximum Gasteiger partial charge on any atom is 0.243 e. The van der Waals surface area contributed by atoms with Crippen LogP contribution < -0.4 is 5.73 Å². The Bertz CT molecular complexity index is 536. The van der Waals surface area contributed by atoms with Crippen molar-refractivity contribution in [1.82, 2.24) is 4.31 Å². The number of nitrogens with zero attached hydrogens (tertiary/aromatic N) is 1. The third-order valence-electron chi connectivity index (χ3n) is 3.39. The lowest BCUT2D eigenvalue weighted by molar-refractivity contribution is 0.403. The van der Waals surface area contributed by atoms with E-state index in [1.807, 2.05) is 19.9 Å². The fourth-order valence-electron chi connectivity index (χ4n) is 2.18. The zero-order chi connectivity index (χ0) is 14.0. The SMILES string of the molecule is CCCN(C1CC1)S(=O)(=O)c1cccc(C(C)N)c1. The molecule has 0 aromatic heterocycles. The average molecular weight is 282 g/mol. The monoisotopic (exact) mass is 282 g/mol. The summed E-state index contributed by atoms with van der Waals surface area (Å²) in [5.74, 6) is 0. The van der Waals surface area contributed by atoms with Gasteiger partial charge in [-0.2, -0.15) is 4.31 Å².